The summed E-state index contributed by atoms with van der Waals surface area (Å²) in [7, 11) is 0. The van der Waals surface area contributed by atoms with Crippen molar-refractivity contribution in [3.63, 3.8) is 0 Å². The van der Waals surface area contributed by atoms with Crippen molar-refractivity contribution in [2.24, 2.45) is 0 Å². The fraction of sp³-hybridized carbons (Fsp3) is 0.333. The first-order chi connectivity index (χ1) is 8.38. The number of pyridine rings is 1. The van der Waals surface area contributed by atoms with E-state index in [1.54, 1.807) is 6.20 Å². The van der Waals surface area contributed by atoms with E-state index in [0.29, 0.717) is 0 Å². The van der Waals surface area contributed by atoms with Gasteiger partial charge in [0.2, 0.25) is 0 Å². The summed E-state index contributed by atoms with van der Waals surface area (Å²) in [5.74, 6) is 0. The molecule has 2 heterocycles. The maximum absolute atomic E-state index is 4.40. The predicted octanol–water partition coefficient (Wildman–Crippen LogP) is 2.46. The van der Waals surface area contributed by atoms with Gasteiger partial charge in [0.25, 0.3) is 0 Å². The van der Waals surface area contributed by atoms with Crippen molar-refractivity contribution in [1.82, 2.24) is 20.3 Å². The van der Waals surface area contributed by atoms with Crippen LogP contribution in [-0.2, 0) is 6.54 Å². The summed E-state index contributed by atoms with van der Waals surface area (Å²) < 4.78 is 0. The highest BCUT2D eigenvalue weighted by atomic mass is 32.2. The Morgan fingerprint density at radius 2 is 2.29 bits per heavy atom. The molecule has 17 heavy (non-hydrogen) atoms. The van der Waals surface area contributed by atoms with Crippen LogP contribution in [0.5, 0.6) is 0 Å². The van der Waals surface area contributed by atoms with Gasteiger partial charge in [-0.15, -0.1) is 0 Å². The second kappa shape index (κ2) is 6.42. The summed E-state index contributed by atoms with van der Waals surface area (Å²) in [5.41, 5.74) is 1.21. The van der Waals surface area contributed by atoms with Crippen LogP contribution in [-0.4, -0.2) is 21.5 Å². The molecule has 0 spiro atoms. The molecule has 0 bridgehead atoms. The van der Waals surface area contributed by atoms with Crippen molar-refractivity contribution < 1.29 is 0 Å². The van der Waals surface area contributed by atoms with Crippen LogP contribution in [0.1, 0.15) is 18.9 Å². The van der Waals surface area contributed by atoms with Crippen LogP contribution in [0.4, 0.5) is 0 Å². The van der Waals surface area contributed by atoms with E-state index in [1.807, 2.05) is 18.5 Å². The molecule has 2 aromatic heterocycles. The van der Waals surface area contributed by atoms with Gasteiger partial charge in [-0.05, 0) is 36.4 Å². The van der Waals surface area contributed by atoms with E-state index < -0.39 is 0 Å². The van der Waals surface area contributed by atoms with E-state index >= 15 is 0 Å². The van der Waals surface area contributed by atoms with E-state index in [1.165, 1.54) is 17.3 Å². The van der Waals surface area contributed by atoms with Gasteiger partial charge in [-0.1, -0.05) is 13.0 Å². The maximum Gasteiger partial charge on any atom is 0.171 e. The lowest BCUT2D eigenvalue weighted by Gasteiger charge is -2.03. The minimum Gasteiger partial charge on any atom is -0.339 e. The van der Waals surface area contributed by atoms with Gasteiger partial charge in [-0.3, -0.25) is 0 Å². The minimum atomic E-state index is 0.870. The molecule has 0 atom stereocenters. The average molecular weight is 248 g/mol. The Morgan fingerprint density at radius 1 is 1.35 bits per heavy atom. The van der Waals surface area contributed by atoms with Crippen molar-refractivity contribution in [3.05, 3.63) is 36.3 Å². The lowest BCUT2D eigenvalue weighted by molar-refractivity contribution is 0.673. The van der Waals surface area contributed by atoms with E-state index in [4.69, 9.17) is 0 Å². The number of aromatic nitrogens is 3. The van der Waals surface area contributed by atoms with Crippen molar-refractivity contribution in [1.29, 1.82) is 0 Å². The molecule has 0 amide bonds. The van der Waals surface area contributed by atoms with Crippen LogP contribution in [0.3, 0.4) is 0 Å². The molecular weight excluding hydrogens is 232 g/mol. The quantitative estimate of drug-likeness (QED) is 0.771. The summed E-state index contributed by atoms with van der Waals surface area (Å²) in [6, 6.07) is 4.12. The highest BCUT2D eigenvalue weighted by molar-refractivity contribution is 7.99. The van der Waals surface area contributed by atoms with Crippen LogP contribution in [0.2, 0.25) is 0 Å². The molecule has 0 radical (unpaired) electrons. The second-order valence-corrected chi connectivity index (χ2v) is 4.69. The Kier molecular flexibility index (Phi) is 4.58. The number of nitrogens with zero attached hydrogens (tertiary/aromatic N) is 2. The minimum absolute atomic E-state index is 0.870. The Morgan fingerprint density at radius 3 is 2.94 bits per heavy atom. The molecule has 0 aliphatic rings. The molecule has 0 aliphatic carbocycles. The summed E-state index contributed by atoms with van der Waals surface area (Å²) >= 11 is 1.53. The zero-order chi connectivity index (χ0) is 11.9. The van der Waals surface area contributed by atoms with E-state index in [2.05, 4.69) is 33.3 Å². The van der Waals surface area contributed by atoms with E-state index in [9.17, 15) is 0 Å². The van der Waals surface area contributed by atoms with Gasteiger partial charge in [0.1, 0.15) is 5.03 Å². The SMILES string of the molecule is CCCNCc1ccc(Sc2ncc[nH]2)nc1. The monoisotopic (exact) mass is 248 g/mol. The van der Waals surface area contributed by atoms with Gasteiger partial charge in [-0.2, -0.15) is 0 Å². The number of H-pyrrole nitrogens is 1. The number of rotatable bonds is 6. The van der Waals surface area contributed by atoms with Gasteiger partial charge in [0.15, 0.2) is 5.16 Å². The summed E-state index contributed by atoms with van der Waals surface area (Å²) in [6.07, 6.45) is 6.62. The molecular formula is C12H16N4S. The Labute approximate surface area is 105 Å². The van der Waals surface area contributed by atoms with Crippen LogP contribution in [0.15, 0.2) is 40.9 Å². The highest BCUT2D eigenvalue weighted by Crippen LogP contribution is 2.21. The maximum atomic E-state index is 4.40. The molecule has 0 saturated carbocycles. The van der Waals surface area contributed by atoms with Crippen LogP contribution < -0.4 is 5.32 Å². The third-order valence-electron chi connectivity index (χ3n) is 2.23. The van der Waals surface area contributed by atoms with Gasteiger partial charge in [0, 0.05) is 25.1 Å². The fourth-order valence-electron chi connectivity index (χ4n) is 1.39. The van der Waals surface area contributed by atoms with Crippen LogP contribution in [0, 0.1) is 0 Å². The summed E-state index contributed by atoms with van der Waals surface area (Å²) in [4.78, 5) is 11.6. The molecule has 5 heteroatoms. The molecule has 4 nitrogen and oxygen atoms in total. The first kappa shape index (κ1) is 12.1. The molecule has 2 rings (SSSR count). The normalized spacial score (nSPS) is 10.6. The van der Waals surface area contributed by atoms with Crippen molar-refractivity contribution >= 4 is 11.8 Å². The Hall–Kier alpha value is -1.33. The van der Waals surface area contributed by atoms with Crippen LogP contribution >= 0.6 is 11.8 Å². The number of imidazole rings is 1. The van der Waals surface area contributed by atoms with Crippen molar-refractivity contribution in [2.45, 2.75) is 30.1 Å². The smallest absolute Gasteiger partial charge is 0.171 e. The topological polar surface area (TPSA) is 53.6 Å². The Bertz CT molecular complexity index is 424. The predicted molar refractivity (Wildman–Crippen MR) is 68.9 cm³/mol. The first-order valence-corrected chi connectivity index (χ1v) is 6.53. The van der Waals surface area contributed by atoms with Crippen LogP contribution in [0.25, 0.3) is 0 Å². The zero-order valence-electron chi connectivity index (χ0n) is 9.81. The highest BCUT2D eigenvalue weighted by Gasteiger charge is 2.00. The second-order valence-electron chi connectivity index (χ2n) is 3.68. The van der Waals surface area contributed by atoms with E-state index in [0.717, 1.165) is 29.7 Å². The standard InChI is InChI=1S/C12H16N4S/c1-2-5-13-8-10-3-4-11(16-9-10)17-12-14-6-7-15-12/h3-4,6-7,9,13H,2,5,8H2,1H3,(H,14,15). The van der Waals surface area contributed by atoms with Gasteiger partial charge in [0.05, 0.1) is 0 Å². The number of aromatic amines is 1. The molecule has 2 N–H and O–H groups in total. The van der Waals surface area contributed by atoms with E-state index in [-0.39, 0.29) is 0 Å². The Balaban J connectivity index is 1.89. The molecule has 90 valence electrons. The lowest BCUT2D eigenvalue weighted by Crippen LogP contribution is -2.13. The summed E-state index contributed by atoms with van der Waals surface area (Å²) in [6.45, 7) is 4.09. The molecule has 0 fully saturated rings. The zero-order valence-corrected chi connectivity index (χ0v) is 10.6. The molecule has 0 unspecified atom stereocenters. The number of hydrogen-bond acceptors (Lipinski definition) is 4. The average Bonchev–Trinajstić information content (AvgIpc) is 2.85. The summed E-state index contributed by atoms with van der Waals surface area (Å²) in [5, 5.41) is 5.18. The van der Waals surface area contributed by atoms with Crippen molar-refractivity contribution in [2.75, 3.05) is 6.54 Å². The molecule has 0 aliphatic heterocycles. The lowest BCUT2D eigenvalue weighted by atomic mass is 10.3. The largest absolute Gasteiger partial charge is 0.339 e. The van der Waals surface area contributed by atoms with Gasteiger partial charge >= 0.3 is 0 Å². The number of nitrogens with one attached hydrogen (secondary N) is 2. The van der Waals surface area contributed by atoms with Gasteiger partial charge < -0.3 is 10.3 Å². The molecule has 0 saturated heterocycles. The molecule has 2 aromatic rings. The third-order valence-corrected chi connectivity index (χ3v) is 3.10. The first-order valence-electron chi connectivity index (χ1n) is 5.71. The number of hydrogen-bond donors (Lipinski definition) is 2. The fourth-order valence-corrected chi connectivity index (χ4v) is 2.07. The third kappa shape index (κ3) is 3.87. The van der Waals surface area contributed by atoms with Gasteiger partial charge in [-0.25, -0.2) is 9.97 Å². The molecule has 0 aromatic carbocycles. The van der Waals surface area contributed by atoms with Crippen molar-refractivity contribution in [3.8, 4) is 0 Å².